The van der Waals surface area contributed by atoms with E-state index in [0.29, 0.717) is 96.4 Å². The van der Waals surface area contributed by atoms with Gasteiger partial charge in [-0.25, -0.2) is 0 Å². The zero-order valence-electron chi connectivity index (χ0n) is 36.9. The molecule has 0 bridgehead atoms. The molecule has 0 aromatic carbocycles. The van der Waals surface area contributed by atoms with Gasteiger partial charge in [0.05, 0.1) is 44.3 Å². The average molecular weight is 924 g/mol. The third-order valence-corrected chi connectivity index (χ3v) is 9.89. The first-order chi connectivity index (χ1) is 28.9. The Kier molecular flexibility index (Phi) is 45.2. The molecule has 0 aliphatic heterocycles. The van der Waals surface area contributed by atoms with Crippen molar-refractivity contribution in [2.45, 2.75) is 162 Å². The molecule has 0 heterocycles. The van der Waals surface area contributed by atoms with E-state index in [1.54, 1.807) is 0 Å². The van der Waals surface area contributed by atoms with Gasteiger partial charge in [-0.2, -0.15) is 0 Å². The number of amides is 2. The summed E-state index contributed by atoms with van der Waals surface area (Å²) in [6.07, 6.45) is 20.7. The standard InChI is InChI=1S/C24H44O5.C20H35BrN2O8/c1-2-17-21(24(28)29)20-22(25)18-15-13-11-9-7-5-3-4-6-8-10-12-14-16-19-23(26)27;1-17(24)22-7-9-29-11-12-30-15-19(26)5-3-8-28-10-13-31-16-20(27)23-6-2-4-18(25)14-21/h21H,2-20H2,1H3,(H,26,27)(H,28,29);2-16H2,1H3,(H,22,24)(H,23,27)/t21-;/m1./s1. The predicted molar refractivity (Wildman–Crippen MR) is 234 cm³/mol. The number of unbranched alkanes of at least 4 members (excludes halogenated alkanes) is 13. The number of Topliss-reactive ketones (excluding diaryl/α,β-unsaturated/α-hetero) is 3. The number of ketones is 3. The Morgan fingerprint density at radius 1 is 0.517 bits per heavy atom. The van der Waals surface area contributed by atoms with Gasteiger partial charge in [-0.3, -0.25) is 33.6 Å². The van der Waals surface area contributed by atoms with E-state index in [1.165, 1.54) is 64.7 Å². The third-order valence-electron chi connectivity index (χ3n) is 9.27. The van der Waals surface area contributed by atoms with Crippen LogP contribution in [-0.2, 0) is 52.5 Å². The molecular weight excluding hydrogens is 844 g/mol. The maximum atomic E-state index is 11.9. The number of rotatable bonds is 44. The van der Waals surface area contributed by atoms with Crippen molar-refractivity contribution in [2.75, 3.05) is 71.3 Å². The molecule has 0 aromatic heterocycles. The van der Waals surface area contributed by atoms with Crippen LogP contribution in [0.3, 0.4) is 0 Å². The molecule has 0 rings (SSSR count). The molecule has 0 unspecified atom stereocenters. The van der Waals surface area contributed by atoms with E-state index >= 15 is 0 Å². The van der Waals surface area contributed by atoms with Crippen molar-refractivity contribution in [1.29, 1.82) is 0 Å². The molecule has 0 aromatic rings. The van der Waals surface area contributed by atoms with Crippen molar-refractivity contribution in [2.24, 2.45) is 5.92 Å². The molecule has 15 nitrogen and oxygen atoms in total. The Morgan fingerprint density at radius 2 is 1.00 bits per heavy atom. The Morgan fingerprint density at radius 3 is 1.52 bits per heavy atom. The summed E-state index contributed by atoms with van der Waals surface area (Å²) in [4.78, 5) is 78.3. The fraction of sp³-hybridized carbons (Fsp3) is 0.841. The third kappa shape index (κ3) is 47.9. The number of carbonyl (C=O) groups excluding carboxylic acids is 5. The van der Waals surface area contributed by atoms with Gasteiger partial charge in [0.1, 0.15) is 24.8 Å². The Balaban J connectivity index is 0. The fourth-order valence-electron chi connectivity index (χ4n) is 5.92. The topological polar surface area (TPSA) is 221 Å². The molecule has 0 saturated carbocycles. The molecule has 0 fully saturated rings. The Bertz CT molecular complexity index is 1130. The van der Waals surface area contributed by atoms with Crippen LogP contribution in [0.4, 0.5) is 0 Å². The number of carboxylic acids is 2. The number of ether oxygens (including phenoxy) is 4. The summed E-state index contributed by atoms with van der Waals surface area (Å²) in [6.45, 7) is 6.42. The summed E-state index contributed by atoms with van der Waals surface area (Å²) in [5.41, 5.74) is 0. The van der Waals surface area contributed by atoms with Crippen LogP contribution < -0.4 is 10.6 Å². The van der Waals surface area contributed by atoms with Crippen molar-refractivity contribution in [3.63, 3.8) is 0 Å². The first kappa shape index (κ1) is 59.3. The minimum absolute atomic E-state index is 0.00685. The van der Waals surface area contributed by atoms with Crippen LogP contribution >= 0.6 is 15.9 Å². The quantitative estimate of drug-likeness (QED) is 0.0352. The summed E-state index contributed by atoms with van der Waals surface area (Å²) < 4.78 is 21.0. The minimum atomic E-state index is -0.837. The van der Waals surface area contributed by atoms with E-state index in [2.05, 4.69) is 26.6 Å². The predicted octanol–water partition coefficient (Wildman–Crippen LogP) is 7.17. The summed E-state index contributed by atoms with van der Waals surface area (Å²) in [5, 5.41) is 23.3. The molecule has 350 valence electrons. The van der Waals surface area contributed by atoms with Crippen LogP contribution in [0.2, 0.25) is 0 Å². The number of carboxylic acid groups (broad SMARTS) is 2. The molecular formula is C44H79BrN2O13. The summed E-state index contributed by atoms with van der Waals surface area (Å²) in [6, 6.07) is 0. The van der Waals surface area contributed by atoms with Gasteiger partial charge in [-0.15, -0.1) is 0 Å². The number of hydrogen-bond donors (Lipinski definition) is 4. The maximum Gasteiger partial charge on any atom is 0.306 e. The monoisotopic (exact) mass is 922 g/mol. The van der Waals surface area contributed by atoms with Gasteiger partial charge >= 0.3 is 11.9 Å². The molecule has 0 aliphatic carbocycles. The Labute approximate surface area is 368 Å². The molecule has 0 spiro atoms. The van der Waals surface area contributed by atoms with Crippen LogP contribution in [-0.4, -0.2) is 123 Å². The summed E-state index contributed by atoms with van der Waals surface area (Å²) in [5.74, 6) is -2.14. The molecule has 16 heteroatoms. The highest BCUT2D eigenvalue weighted by molar-refractivity contribution is 9.09. The number of carbonyl (C=O) groups is 7. The van der Waals surface area contributed by atoms with E-state index < -0.39 is 17.9 Å². The van der Waals surface area contributed by atoms with Gasteiger partial charge in [0.15, 0.2) is 5.78 Å². The number of aliphatic carboxylic acids is 2. The van der Waals surface area contributed by atoms with Crippen molar-refractivity contribution in [3.8, 4) is 0 Å². The SMILES string of the molecule is CC(=O)NCCOCCOCC(=O)CCCOCCOCC(=O)NCCCC(=O)CBr.CCC[C@H](CC(=O)CCCCCCCCCCCCCCCCC(=O)O)C(=O)O. The highest BCUT2D eigenvalue weighted by Crippen LogP contribution is 2.16. The molecule has 1 atom stereocenters. The maximum absolute atomic E-state index is 11.9. The van der Waals surface area contributed by atoms with Crippen molar-refractivity contribution < 1.29 is 62.7 Å². The van der Waals surface area contributed by atoms with Crippen LogP contribution in [0.1, 0.15) is 162 Å². The first-order valence-electron chi connectivity index (χ1n) is 22.3. The second-order valence-corrected chi connectivity index (χ2v) is 15.6. The summed E-state index contributed by atoms with van der Waals surface area (Å²) in [7, 11) is 0. The van der Waals surface area contributed by atoms with Crippen LogP contribution in [0, 0.1) is 5.92 Å². The van der Waals surface area contributed by atoms with Crippen molar-refractivity contribution >= 4 is 57.0 Å². The number of hydrogen-bond acceptors (Lipinski definition) is 11. The van der Waals surface area contributed by atoms with Gasteiger partial charge in [0.25, 0.3) is 0 Å². The molecule has 0 radical (unpaired) electrons. The minimum Gasteiger partial charge on any atom is -0.481 e. The second-order valence-electron chi connectivity index (χ2n) is 15.0. The number of nitrogens with one attached hydrogen (secondary N) is 2. The lowest BCUT2D eigenvalue weighted by Crippen LogP contribution is -2.29. The van der Waals surface area contributed by atoms with Crippen LogP contribution in [0.5, 0.6) is 0 Å². The lowest BCUT2D eigenvalue weighted by atomic mass is 9.95. The van der Waals surface area contributed by atoms with E-state index in [9.17, 15) is 33.6 Å². The molecule has 2 amide bonds. The van der Waals surface area contributed by atoms with Gasteiger partial charge in [0.2, 0.25) is 11.8 Å². The van der Waals surface area contributed by atoms with Gasteiger partial charge in [-0.1, -0.05) is 106 Å². The normalized spacial score (nSPS) is 11.3. The zero-order valence-corrected chi connectivity index (χ0v) is 38.5. The summed E-state index contributed by atoms with van der Waals surface area (Å²) >= 11 is 3.09. The second kappa shape index (κ2) is 45.7. The zero-order chi connectivity index (χ0) is 44.9. The highest BCUT2D eigenvalue weighted by atomic mass is 79.9. The lowest BCUT2D eigenvalue weighted by Gasteiger charge is -2.09. The first-order valence-corrected chi connectivity index (χ1v) is 23.4. The number of halogens is 1. The number of alkyl halides is 1. The molecule has 0 aliphatic rings. The van der Waals surface area contributed by atoms with E-state index in [1.807, 2.05) is 6.92 Å². The van der Waals surface area contributed by atoms with E-state index in [4.69, 9.17) is 29.2 Å². The van der Waals surface area contributed by atoms with E-state index in [0.717, 1.165) is 38.5 Å². The fourth-order valence-corrected chi connectivity index (χ4v) is 6.20. The largest absolute Gasteiger partial charge is 0.481 e. The molecule has 0 saturated heterocycles. The van der Waals surface area contributed by atoms with Gasteiger partial charge in [0, 0.05) is 58.7 Å². The van der Waals surface area contributed by atoms with E-state index in [-0.39, 0.29) is 55.4 Å². The smallest absolute Gasteiger partial charge is 0.306 e. The van der Waals surface area contributed by atoms with Crippen LogP contribution in [0.25, 0.3) is 0 Å². The van der Waals surface area contributed by atoms with Crippen LogP contribution in [0.15, 0.2) is 0 Å². The average Bonchev–Trinajstić information content (AvgIpc) is 3.20. The van der Waals surface area contributed by atoms with Gasteiger partial charge in [-0.05, 0) is 32.1 Å². The van der Waals surface area contributed by atoms with Gasteiger partial charge < -0.3 is 39.8 Å². The Hall–Kier alpha value is -2.79. The lowest BCUT2D eigenvalue weighted by molar-refractivity contribution is -0.144. The van der Waals surface area contributed by atoms with Crippen molar-refractivity contribution in [3.05, 3.63) is 0 Å². The highest BCUT2D eigenvalue weighted by Gasteiger charge is 2.19. The molecule has 4 N–H and O–H groups in total. The molecule has 60 heavy (non-hydrogen) atoms. The van der Waals surface area contributed by atoms with Crippen molar-refractivity contribution in [1.82, 2.24) is 10.6 Å².